The van der Waals surface area contributed by atoms with E-state index in [1.807, 2.05) is 60.7 Å². The average Bonchev–Trinajstić information content (AvgIpc) is 2.83. The fourth-order valence-electron chi connectivity index (χ4n) is 2.94. The number of amides is 1. The molecular weight excluding hydrogens is 411 g/mol. The Labute approximate surface area is 183 Å². The first-order chi connectivity index (χ1) is 15.2. The van der Waals surface area contributed by atoms with Gasteiger partial charge >= 0.3 is 0 Å². The van der Waals surface area contributed by atoms with Crippen molar-refractivity contribution in [3.63, 3.8) is 0 Å². The molecule has 4 rings (SSSR count). The summed E-state index contributed by atoms with van der Waals surface area (Å²) < 4.78 is 13.0. The van der Waals surface area contributed by atoms with Gasteiger partial charge in [0.05, 0.1) is 5.75 Å². The molecule has 0 fully saturated rings. The minimum Gasteiger partial charge on any atom is -0.351 e. The SMILES string of the molecule is O=C(CSc1nnc(-c2ccccc2)c(-c2ccccc2)n1)NCc1ccc(F)cc1. The number of carbonyl (C=O) groups excluding carboxylic acids is 1. The van der Waals surface area contributed by atoms with Crippen molar-refractivity contribution in [2.45, 2.75) is 11.7 Å². The van der Waals surface area contributed by atoms with Gasteiger partial charge in [-0.05, 0) is 17.7 Å². The molecule has 0 saturated carbocycles. The highest BCUT2D eigenvalue weighted by Crippen LogP contribution is 2.29. The monoisotopic (exact) mass is 430 g/mol. The molecule has 0 unspecified atom stereocenters. The molecule has 0 radical (unpaired) electrons. The minimum atomic E-state index is -0.302. The van der Waals surface area contributed by atoms with Crippen LogP contribution in [0, 0.1) is 5.82 Å². The van der Waals surface area contributed by atoms with E-state index in [-0.39, 0.29) is 17.5 Å². The highest BCUT2D eigenvalue weighted by molar-refractivity contribution is 7.99. The van der Waals surface area contributed by atoms with Crippen molar-refractivity contribution in [1.82, 2.24) is 20.5 Å². The van der Waals surface area contributed by atoms with Gasteiger partial charge in [-0.15, -0.1) is 10.2 Å². The second-order valence-corrected chi connectivity index (χ2v) is 7.66. The maximum Gasteiger partial charge on any atom is 0.230 e. The van der Waals surface area contributed by atoms with Crippen LogP contribution in [0.25, 0.3) is 22.5 Å². The number of nitrogens with one attached hydrogen (secondary N) is 1. The van der Waals surface area contributed by atoms with Crippen molar-refractivity contribution in [3.05, 3.63) is 96.3 Å². The number of benzene rings is 3. The van der Waals surface area contributed by atoms with Crippen LogP contribution in [0.15, 0.2) is 90.1 Å². The molecule has 5 nitrogen and oxygen atoms in total. The van der Waals surface area contributed by atoms with Crippen LogP contribution in [0.5, 0.6) is 0 Å². The lowest BCUT2D eigenvalue weighted by atomic mass is 10.0. The van der Waals surface area contributed by atoms with Crippen LogP contribution < -0.4 is 5.32 Å². The van der Waals surface area contributed by atoms with Gasteiger partial charge < -0.3 is 5.32 Å². The van der Waals surface area contributed by atoms with Crippen LogP contribution in [-0.2, 0) is 11.3 Å². The number of nitrogens with zero attached hydrogens (tertiary/aromatic N) is 3. The molecule has 4 aromatic rings. The van der Waals surface area contributed by atoms with E-state index in [0.29, 0.717) is 17.4 Å². The lowest BCUT2D eigenvalue weighted by Gasteiger charge is -2.09. The summed E-state index contributed by atoms with van der Waals surface area (Å²) in [5, 5.41) is 11.9. The summed E-state index contributed by atoms with van der Waals surface area (Å²) in [5.74, 6) is -0.309. The van der Waals surface area contributed by atoms with Crippen LogP contribution >= 0.6 is 11.8 Å². The Balaban J connectivity index is 1.47. The molecule has 0 aliphatic rings. The molecule has 1 aromatic heterocycles. The van der Waals surface area contributed by atoms with E-state index in [9.17, 15) is 9.18 Å². The second-order valence-electron chi connectivity index (χ2n) is 6.72. The standard InChI is InChI=1S/C24H19FN4OS/c25-20-13-11-17(12-14-20)15-26-21(30)16-31-24-27-22(18-7-3-1-4-8-18)23(28-29-24)19-9-5-2-6-10-19/h1-14H,15-16H2,(H,26,30). The zero-order chi connectivity index (χ0) is 21.5. The molecule has 3 aromatic carbocycles. The number of thioether (sulfide) groups is 1. The number of carbonyl (C=O) groups is 1. The Morgan fingerprint density at radius 2 is 1.42 bits per heavy atom. The highest BCUT2D eigenvalue weighted by Gasteiger charge is 2.14. The normalized spacial score (nSPS) is 10.6. The zero-order valence-electron chi connectivity index (χ0n) is 16.5. The van der Waals surface area contributed by atoms with Crippen LogP contribution in [-0.4, -0.2) is 26.8 Å². The van der Waals surface area contributed by atoms with E-state index < -0.39 is 0 Å². The maximum atomic E-state index is 13.0. The highest BCUT2D eigenvalue weighted by atomic mass is 32.2. The first-order valence-corrected chi connectivity index (χ1v) is 10.7. The molecule has 0 aliphatic carbocycles. The largest absolute Gasteiger partial charge is 0.351 e. The molecule has 1 amide bonds. The summed E-state index contributed by atoms with van der Waals surface area (Å²) in [6.45, 7) is 0.334. The Morgan fingerprint density at radius 1 is 0.806 bits per heavy atom. The zero-order valence-corrected chi connectivity index (χ0v) is 17.3. The van der Waals surface area contributed by atoms with E-state index in [0.717, 1.165) is 22.4 Å². The van der Waals surface area contributed by atoms with Crippen LogP contribution in [0.1, 0.15) is 5.56 Å². The number of hydrogen-bond donors (Lipinski definition) is 1. The molecule has 7 heteroatoms. The number of halogens is 1. The smallest absolute Gasteiger partial charge is 0.230 e. The minimum absolute atomic E-state index is 0.155. The van der Waals surface area contributed by atoms with Gasteiger partial charge in [-0.2, -0.15) is 0 Å². The molecular formula is C24H19FN4OS. The third-order valence-corrected chi connectivity index (χ3v) is 5.33. The Kier molecular flexibility index (Phi) is 6.64. The molecule has 0 aliphatic heterocycles. The van der Waals surface area contributed by atoms with Crippen molar-refractivity contribution in [3.8, 4) is 22.5 Å². The Bertz CT molecular complexity index is 1160. The molecule has 31 heavy (non-hydrogen) atoms. The molecule has 0 spiro atoms. The Morgan fingerprint density at radius 3 is 2.06 bits per heavy atom. The van der Waals surface area contributed by atoms with Crippen molar-refractivity contribution in [1.29, 1.82) is 0 Å². The predicted molar refractivity (Wildman–Crippen MR) is 120 cm³/mol. The lowest BCUT2D eigenvalue weighted by molar-refractivity contribution is -0.118. The second kappa shape index (κ2) is 9.95. The quantitative estimate of drug-likeness (QED) is 0.429. The molecule has 154 valence electrons. The number of hydrogen-bond acceptors (Lipinski definition) is 5. The van der Waals surface area contributed by atoms with Crippen molar-refractivity contribution >= 4 is 17.7 Å². The van der Waals surface area contributed by atoms with Crippen LogP contribution in [0.4, 0.5) is 4.39 Å². The van der Waals surface area contributed by atoms with E-state index in [1.54, 1.807) is 12.1 Å². The van der Waals surface area contributed by atoms with E-state index in [2.05, 4.69) is 20.5 Å². The molecule has 0 atom stereocenters. The topological polar surface area (TPSA) is 67.8 Å². The summed E-state index contributed by atoms with van der Waals surface area (Å²) >= 11 is 1.22. The van der Waals surface area contributed by atoms with Gasteiger partial charge in [-0.3, -0.25) is 4.79 Å². The molecule has 0 saturated heterocycles. The summed E-state index contributed by atoms with van der Waals surface area (Å²) in [4.78, 5) is 16.9. The van der Waals surface area contributed by atoms with Gasteiger partial charge in [-0.25, -0.2) is 9.37 Å². The van der Waals surface area contributed by atoms with Crippen molar-refractivity contribution < 1.29 is 9.18 Å². The number of rotatable bonds is 7. The van der Waals surface area contributed by atoms with Crippen LogP contribution in [0.2, 0.25) is 0 Å². The van der Waals surface area contributed by atoms with Gasteiger partial charge in [0.1, 0.15) is 17.2 Å². The fourth-order valence-corrected chi connectivity index (χ4v) is 3.56. The molecule has 1 N–H and O–H groups in total. The Hall–Kier alpha value is -3.58. The maximum absolute atomic E-state index is 13.0. The number of aromatic nitrogens is 3. The van der Waals surface area contributed by atoms with Gasteiger partial charge in [0.25, 0.3) is 0 Å². The summed E-state index contributed by atoms with van der Waals surface area (Å²) in [5.41, 5.74) is 4.10. The summed E-state index contributed by atoms with van der Waals surface area (Å²) in [7, 11) is 0. The summed E-state index contributed by atoms with van der Waals surface area (Å²) in [6, 6.07) is 25.6. The van der Waals surface area contributed by atoms with Gasteiger partial charge in [0, 0.05) is 17.7 Å². The van der Waals surface area contributed by atoms with E-state index >= 15 is 0 Å². The third-order valence-electron chi connectivity index (χ3n) is 4.50. The van der Waals surface area contributed by atoms with Gasteiger partial charge in [0.15, 0.2) is 0 Å². The summed E-state index contributed by atoms with van der Waals surface area (Å²) in [6.07, 6.45) is 0. The van der Waals surface area contributed by atoms with Gasteiger partial charge in [-0.1, -0.05) is 84.6 Å². The van der Waals surface area contributed by atoms with E-state index in [1.165, 1.54) is 23.9 Å². The van der Waals surface area contributed by atoms with Crippen molar-refractivity contribution in [2.75, 3.05) is 5.75 Å². The van der Waals surface area contributed by atoms with Crippen LogP contribution in [0.3, 0.4) is 0 Å². The molecule has 1 heterocycles. The van der Waals surface area contributed by atoms with E-state index in [4.69, 9.17) is 0 Å². The average molecular weight is 431 g/mol. The van der Waals surface area contributed by atoms with Crippen molar-refractivity contribution in [2.24, 2.45) is 0 Å². The van der Waals surface area contributed by atoms with Gasteiger partial charge in [0.2, 0.25) is 11.1 Å². The third kappa shape index (κ3) is 5.52. The molecule has 0 bridgehead atoms. The first kappa shape index (κ1) is 20.7. The lowest BCUT2D eigenvalue weighted by Crippen LogP contribution is -2.24. The first-order valence-electron chi connectivity index (χ1n) is 9.68. The predicted octanol–water partition coefficient (Wildman–Crippen LogP) is 4.75. The fraction of sp³-hybridized carbons (Fsp3) is 0.0833.